The van der Waals surface area contributed by atoms with Gasteiger partial charge in [0, 0.05) is 18.6 Å². The molecule has 1 rings (SSSR count). The predicted molar refractivity (Wildman–Crippen MR) is 71.8 cm³/mol. The first kappa shape index (κ1) is 14.0. The minimum Gasteiger partial charge on any atom is -0.310 e. The first-order valence-corrected chi connectivity index (χ1v) is 7.05. The van der Waals surface area contributed by atoms with Crippen LogP contribution in [0.15, 0.2) is 0 Å². The molecule has 1 aliphatic rings. The van der Waals surface area contributed by atoms with Gasteiger partial charge in [-0.15, -0.1) is 0 Å². The van der Waals surface area contributed by atoms with E-state index in [-0.39, 0.29) is 0 Å². The molecule has 2 atom stereocenters. The lowest BCUT2D eigenvalue weighted by molar-refractivity contribution is 0.193. The molecular weight excluding hydrogens is 196 g/mol. The lowest BCUT2D eigenvalue weighted by atomic mass is 9.91. The van der Waals surface area contributed by atoms with Gasteiger partial charge in [0.05, 0.1) is 0 Å². The highest BCUT2D eigenvalue weighted by Gasteiger charge is 2.33. The molecule has 1 N–H and O–H groups in total. The Balaban J connectivity index is 2.42. The molecule has 1 aliphatic heterocycles. The molecule has 16 heavy (non-hydrogen) atoms. The van der Waals surface area contributed by atoms with E-state index in [1.807, 2.05) is 0 Å². The molecule has 96 valence electrons. The summed E-state index contributed by atoms with van der Waals surface area (Å²) >= 11 is 0. The van der Waals surface area contributed by atoms with Crippen LogP contribution in [-0.4, -0.2) is 37.1 Å². The second kappa shape index (κ2) is 6.61. The van der Waals surface area contributed by atoms with Gasteiger partial charge in [-0.1, -0.05) is 33.6 Å². The number of nitrogens with one attached hydrogen (secondary N) is 1. The summed E-state index contributed by atoms with van der Waals surface area (Å²) in [6.07, 6.45) is 6.64. The molecule has 0 aliphatic carbocycles. The van der Waals surface area contributed by atoms with Crippen molar-refractivity contribution < 1.29 is 0 Å². The minimum atomic E-state index is 0.428. The highest BCUT2D eigenvalue weighted by atomic mass is 15.2. The molecular formula is C14H30N2. The largest absolute Gasteiger partial charge is 0.310 e. The standard InChI is InChI=1S/C14H30N2/c1-5-8-14(9-7-10-15-14)12-16(4)11-13(3)6-2/h13,15H,5-12H2,1-4H3. The predicted octanol–water partition coefficient (Wildman–Crippen LogP) is 2.89. The van der Waals surface area contributed by atoms with Gasteiger partial charge in [0.1, 0.15) is 0 Å². The molecule has 1 saturated heterocycles. The topological polar surface area (TPSA) is 15.3 Å². The van der Waals surface area contributed by atoms with Crippen LogP contribution < -0.4 is 5.32 Å². The van der Waals surface area contributed by atoms with Gasteiger partial charge in [0.2, 0.25) is 0 Å². The molecule has 0 aromatic heterocycles. The maximum atomic E-state index is 3.75. The summed E-state index contributed by atoms with van der Waals surface area (Å²) < 4.78 is 0. The summed E-state index contributed by atoms with van der Waals surface area (Å²) in [6, 6.07) is 0. The quantitative estimate of drug-likeness (QED) is 0.718. The smallest absolute Gasteiger partial charge is 0.0309 e. The van der Waals surface area contributed by atoms with Crippen LogP contribution in [0.4, 0.5) is 0 Å². The molecule has 0 amide bonds. The molecule has 0 bridgehead atoms. The van der Waals surface area contributed by atoms with Crippen molar-refractivity contribution in [3.63, 3.8) is 0 Å². The van der Waals surface area contributed by atoms with Crippen molar-refractivity contribution >= 4 is 0 Å². The van der Waals surface area contributed by atoms with Crippen LogP contribution in [-0.2, 0) is 0 Å². The van der Waals surface area contributed by atoms with E-state index < -0.39 is 0 Å². The molecule has 2 heteroatoms. The van der Waals surface area contributed by atoms with Gasteiger partial charge in [-0.3, -0.25) is 0 Å². The van der Waals surface area contributed by atoms with Crippen LogP contribution in [0.1, 0.15) is 52.9 Å². The Kier molecular flexibility index (Phi) is 5.77. The Morgan fingerprint density at radius 3 is 2.62 bits per heavy atom. The van der Waals surface area contributed by atoms with E-state index >= 15 is 0 Å². The van der Waals surface area contributed by atoms with Crippen LogP contribution in [0.3, 0.4) is 0 Å². The number of likely N-dealkylation sites (N-methyl/N-ethyl adjacent to an activating group) is 1. The van der Waals surface area contributed by atoms with Crippen LogP contribution in [0.25, 0.3) is 0 Å². The highest BCUT2D eigenvalue weighted by Crippen LogP contribution is 2.25. The average Bonchev–Trinajstić information content (AvgIpc) is 2.66. The molecule has 1 heterocycles. The van der Waals surface area contributed by atoms with Crippen LogP contribution >= 0.6 is 0 Å². The van der Waals surface area contributed by atoms with E-state index in [1.165, 1.54) is 51.7 Å². The number of nitrogens with zero attached hydrogens (tertiary/aromatic N) is 1. The van der Waals surface area contributed by atoms with Crippen molar-refractivity contribution in [1.29, 1.82) is 0 Å². The molecule has 1 fully saturated rings. The molecule has 0 spiro atoms. The van der Waals surface area contributed by atoms with E-state index in [2.05, 4.69) is 38.0 Å². The fraction of sp³-hybridized carbons (Fsp3) is 1.00. The van der Waals surface area contributed by atoms with Crippen molar-refractivity contribution in [3.05, 3.63) is 0 Å². The van der Waals surface area contributed by atoms with E-state index in [1.54, 1.807) is 0 Å². The lowest BCUT2D eigenvalue weighted by Crippen LogP contribution is -2.49. The third kappa shape index (κ3) is 4.06. The van der Waals surface area contributed by atoms with Gasteiger partial charge < -0.3 is 10.2 Å². The second-order valence-electron chi connectivity index (χ2n) is 5.77. The summed E-state index contributed by atoms with van der Waals surface area (Å²) in [5.74, 6) is 0.824. The Morgan fingerprint density at radius 2 is 2.12 bits per heavy atom. The number of rotatable bonds is 7. The first-order valence-electron chi connectivity index (χ1n) is 7.05. The highest BCUT2D eigenvalue weighted by molar-refractivity contribution is 4.94. The first-order chi connectivity index (χ1) is 7.62. The van der Waals surface area contributed by atoms with E-state index in [9.17, 15) is 0 Å². The van der Waals surface area contributed by atoms with E-state index in [4.69, 9.17) is 0 Å². The van der Waals surface area contributed by atoms with Gasteiger partial charge in [-0.25, -0.2) is 0 Å². The fourth-order valence-electron chi connectivity index (χ4n) is 3.02. The lowest BCUT2D eigenvalue weighted by Gasteiger charge is -2.35. The summed E-state index contributed by atoms with van der Waals surface area (Å²) in [5, 5.41) is 3.75. The van der Waals surface area contributed by atoms with Crippen LogP contribution in [0, 0.1) is 5.92 Å². The maximum Gasteiger partial charge on any atom is 0.0309 e. The molecule has 0 aromatic rings. The third-order valence-electron chi connectivity index (χ3n) is 3.95. The van der Waals surface area contributed by atoms with Crippen molar-refractivity contribution in [3.8, 4) is 0 Å². The molecule has 2 unspecified atom stereocenters. The van der Waals surface area contributed by atoms with E-state index in [0.717, 1.165) is 5.92 Å². The van der Waals surface area contributed by atoms with Gasteiger partial charge in [0.25, 0.3) is 0 Å². The molecule has 0 aromatic carbocycles. The van der Waals surface area contributed by atoms with Gasteiger partial charge in [-0.05, 0) is 38.8 Å². The Morgan fingerprint density at radius 1 is 1.38 bits per heavy atom. The molecule has 0 radical (unpaired) electrons. The van der Waals surface area contributed by atoms with Gasteiger partial charge in [0.15, 0.2) is 0 Å². The SMILES string of the molecule is CCCC1(CN(C)CC(C)CC)CCCN1. The minimum absolute atomic E-state index is 0.428. The van der Waals surface area contributed by atoms with E-state index in [0.29, 0.717) is 5.54 Å². The van der Waals surface area contributed by atoms with Gasteiger partial charge in [-0.2, -0.15) is 0 Å². The molecule has 2 nitrogen and oxygen atoms in total. The van der Waals surface area contributed by atoms with Crippen molar-refractivity contribution in [2.75, 3.05) is 26.7 Å². The number of hydrogen-bond acceptors (Lipinski definition) is 2. The summed E-state index contributed by atoms with van der Waals surface area (Å²) in [7, 11) is 2.28. The monoisotopic (exact) mass is 226 g/mol. The van der Waals surface area contributed by atoms with Crippen molar-refractivity contribution in [2.45, 2.75) is 58.4 Å². The maximum absolute atomic E-state index is 3.75. The van der Waals surface area contributed by atoms with Gasteiger partial charge >= 0.3 is 0 Å². The number of hydrogen-bond donors (Lipinski definition) is 1. The summed E-state index contributed by atoms with van der Waals surface area (Å²) in [4.78, 5) is 2.53. The zero-order chi connectivity index (χ0) is 12.0. The zero-order valence-corrected chi connectivity index (χ0v) is 11.7. The molecule has 0 saturated carbocycles. The Labute approximate surface area is 102 Å². The second-order valence-corrected chi connectivity index (χ2v) is 5.77. The van der Waals surface area contributed by atoms with Crippen LogP contribution in [0.5, 0.6) is 0 Å². The zero-order valence-electron chi connectivity index (χ0n) is 11.7. The summed E-state index contributed by atoms with van der Waals surface area (Å²) in [6.45, 7) is 10.6. The van der Waals surface area contributed by atoms with Crippen LogP contribution in [0.2, 0.25) is 0 Å². The fourth-order valence-corrected chi connectivity index (χ4v) is 3.02. The Hall–Kier alpha value is -0.0800. The third-order valence-corrected chi connectivity index (χ3v) is 3.95. The normalized spacial score (nSPS) is 27.6. The summed E-state index contributed by atoms with van der Waals surface area (Å²) in [5.41, 5.74) is 0.428. The Bertz CT molecular complexity index is 185. The average molecular weight is 226 g/mol. The van der Waals surface area contributed by atoms with Crippen molar-refractivity contribution in [1.82, 2.24) is 10.2 Å². The van der Waals surface area contributed by atoms with Crippen molar-refractivity contribution in [2.24, 2.45) is 5.92 Å².